The van der Waals surface area contributed by atoms with Crippen molar-refractivity contribution in [3.05, 3.63) is 72.3 Å². The van der Waals surface area contributed by atoms with Gasteiger partial charge in [0.1, 0.15) is 5.82 Å². The van der Waals surface area contributed by atoms with E-state index in [-0.39, 0.29) is 114 Å². The highest BCUT2D eigenvalue weighted by Gasteiger charge is 2.39. The lowest BCUT2D eigenvalue weighted by Gasteiger charge is -2.30. The van der Waals surface area contributed by atoms with E-state index in [9.17, 15) is 19.2 Å². The van der Waals surface area contributed by atoms with Crippen LogP contribution in [0.3, 0.4) is 0 Å². The average molecular weight is 872 g/mol. The Labute approximate surface area is 371 Å². The van der Waals surface area contributed by atoms with Crippen molar-refractivity contribution < 1.29 is 28.7 Å². The molecule has 2 aromatic carbocycles. The second-order valence-electron chi connectivity index (χ2n) is 15.4. The van der Waals surface area contributed by atoms with E-state index in [1.54, 1.807) is 0 Å². The highest BCUT2D eigenvalue weighted by molar-refractivity contribution is 7.59. The summed E-state index contributed by atoms with van der Waals surface area (Å²) in [5.74, 6) is -0.779. The summed E-state index contributed by atoms with van der Waals surface area (Å²) in [5, 5.41) is 0. The topological polar surface area (TPSA) is 134 Å². The number of likely N-dealkylation sites (tertiary alicyclic amines) is 2. The number of nitrogens with one attached hydrogen (secondary N) is 1. The van der Waals surface area contributed by atoms with E-state index in [4.69, 9.17) is 19.5 Å². The molecule has 1 N–H and O–H groups in total. The van der Waals surface area contributed by atoms with Crippen LogP contribution in [0.25, 0.3) is 28.0 Å². The van der Waals surface area contributed by atoms with Crippen LogP contribution in [0.4, 0.5) is 0 Å². The largest absolute Gasteiger partial charge is 0.469 e. The van der Waals surface area contributed by atoms with E-state index in [2.05, 4.69) is 53.5 Å². The number of H-pyrrole nitrogens is 1. The first kappa shape index (κ1) is 50.5. The fraction of sp³-hybridized carbons (Fsp3) is 0.488. The molecule has 2 fully saturated rings. The number of carbonyl (C=O) groups excluding carboxylic acids is 4. The Balaban J connectivity index is 0.00000290. The van der Waals surface area contributed by atoms with Gasteiger partial charge in [0.2, 0.25) is 11.8 Å². The third kappa shape index (κ3) is 11.3. The number of aliphatic imine (C=N–C) groups is 1. The molecule has 6 rings (SSSR count). The lowest BCUT2D eigenvalue weighted by atomic mass is 9.90. The minimum Gasteiger partial charge on any atom is -0.469 e. The first-order valence-electron chi connectivity index (χ1n) is 19.2. The minimum atomic E-state index is -0.432. The molecule has 1 aromatic heterocycles. The van der Waals surface area contributed by atoms with Crippen LogP contribution in [0.1, 0.15) is 90.1 Å². The van der Waals surface area contributed by atoms with Gasteiger partial charge in [0.15, 0.2) is 0 Å². The number of esters is 2. The maximum atomic E-state index is 13.6. The van der Waals surface area contributed by atoms with Crippen LogP contribution in [0, 0.1) is 23.7 Å². The quantitative estimate of drug-likeness (QED) is 0.174. The van der Waals surface area contributed by atoms with E-state index in [0.717, 1.165) is 70.7 Å². The van der Waals surface area contributed by atoms with Gasteiger partial charge in [-0.25, -0.2) is 4.98 Å². The summed E-state index contributed by atoms with van der Waals surface area (Å²) < 4.78 is 9.74. The van der Waals surface area contributed by atoms with Gasteiger partial charge in [0.25, 0.3) is 0 Å². The summed E-state index contributed by atoms with van der Waals surface area (Å²) >= 11 is 0. The summed E-state index contributed by atoms with van der Waals surface area (Å²) in [4.78, 5) is 68.1. The molecule has 3 aliphatic rings. The Morgan fingerprint density at radius 3 is 1.62 bits per heavy atom. The first-order valence-corrected chi connectivity index (χ1v) is 19.2. The lowest BCUT2D eigenvalue weighted by molar-refractivity contribution is -0.148. The fourth-order valence-electron chi connectivity index (χ4n) is 8.06. The van der Waals surface area contributed by atoms with E-state index >= 15 is 0 Å². The van der Waals surface area contributed by atoms with Gasteiger partial charge in [-0.15, -0.1) is 0 Å². The van der Waals surface area contributed by atoms with Crippen LogP contribution >= 0.6 is 54.0 Å². The van der Waals surface area contributed by atoms with Crippen molar-refractivity contribution in [2.75, 3.05) is 27.3 Å². The molecule has 11 nitrogen and oxygen atoms in total. The molecule has 4 heterocycles. The number of benzene rings is 2. The predicted octanol–water partition coefficient (Wildman–Crippen LogP) is 7.71. The number of hydrogen-bond donors (Lipinski definition) is 1. The van der Waals surface area contributed by atoms with Gasteiger partial charge in [-0.2, -0.15) is 54.0 Å². The smallest absolute Gasteiger partial charge is 0.306 e. The zero-order valence-corrected chi connectivity index (χ0v) is 38.3. The van der Waals surface area contributed by atoms with Gasteiger partial charge in [-0.1, -0.05) is 76.2 Å². The molecule has 2 amide bonds. The Morgan fingerprint density at radius 2 is 1.14 bits per heavy atom. The molecule has 0 aliphatic carbocycles. The summed E-state index contributed by atoms with van der Waals surface area (Å²) in [5.41, 5.74) is 7.31. The SMILES string of the molecule is COC(=O)C[C@H](C(=O)N1CCC[C@@H]1c1ncc(-c2ccc(-c3ccc(C4=CN=C([C@@H]5CCCN5C(=O)[C@H](CC(=O)OC)C(C)C)C4)cc3)cc2)[nH]1)C(C)C.S.S.S.S. The Hall–Kier alpha value is -3.66. The van der Waals surface area contributed by atoms with Crippen molar-refractivity contribution in [1.29, 1.82) is 0 Å². The zero-order valence-electron chi connectivity index (χ0n) is 34.3. The minimum absolute atomic E-state index is 0. The zero-order chi connectivity index (χ0) is 38.5. The molecular formula is C43H61N5O6S4. The second-order valence-corrected chi connectivity index (χ2v) is 15.4. The van der Waals surface area contributed by atoms with Crippen LogP contribution < -0.4 is 0 Å². The number of aromatic amines is 1. The van der Waals surface area contributed by atoms with Gasteiger partial charge in [-0.05, 0) is 65.3 Å². The Morgan fingerprint density at radius 1 is 0.690 bits per heavy atom. The van der Waals surface area contributed by atoms with Crippen molar-refractivity contribution in [2.45, 2.75) is 84.7 Å². The number of ether oxygens (including phenoxy) is 2. The molecule has 3 aromatic rings. The van der Waals surface area contributed by atoms with E-state index in [1.165, 1.54) is 14.2 Å². The van der Waals surface area contributed by atoms with Gasteiger partial charge < -0.3 is 24.3 Å². The van der Waals surface area contributed by atoms with Gasteiger partial charge in [-0.3, -0.25) is 24.2 Å². The Kier molecular flexibility index (Phi) is 19.7. The number of allylic oxidation sites excluding steroid dienone is 1. The van der Waals surface area contributed by atoms with Gasteiger partial charge >= 0.3 is 11.9 Å². The normalized spacial score (nSPS) is 18.2. The van der Waals surface area contributed by atoms with E-state index in [1.807, 2.05) is 49.9 Å². The number of imidazole rings is 1. The number of carbonyl (C=O) groups is 4. The van der Waals surface area contributed by atoms with Crippen molar-refractivity contribution >= 4 is 89.0 Å². The lowest BCUT2D eigenvalue weighted by Crippen LogP contribution is -2.45. The average Bonchev–Trinajstić information content (AvgIpc) is 4.02. The second kappa shape index (κ2) is 22.6. The maximum Gasteiger partial charge on any atom is 0.306 e. The van der Waals surface area contributed by atoms with Crippen LogP contribution in [0.15, 0.2) is 65.9 Å². The highest BCUT2D eigenvalue weighted by Crippen LogP contribution is 2.36. The molecule has 2 saturated heterocycles. The molecule has 58 heavy (non-hydrogen) atoms. The summed E-state index contributed by atoms with van der Waals surface area (Å²) in [7, 11) is 2.72. The summed E-state index contributed by atoms with van der Waals surface area (Å²) in [6.45, 7) is 9.21. The van der Waals surface area contributed by atoms with Crippen LogP contribution in [0.2, 0.25) is 0 Å². The van der Waals surface area contributed by atoms with Crippen LogP contribution in [-0.4, -0.2) is 82.6 Å². The molecule has 0 spiro atoms. The van der Waals surface area contributed by atoms with Crippen molar-refractivity contribution in [3.8, 4) is 22.4 Å². The van der Waals surface area contributed by atoms with Gasteiger partial charge in [0, 0.05) is 31.4 Å². The molecule has 4 atom stereocenters. The molecule has 15 heteroatoms. The summed E-state index contributed by atoms with van der Waals surface area (Å²) in [6.07, 6.45) is 8.10. The van der Waals surface area contributed by atoms with Crippen molar-refractivity contribution in [1.82, 2.24) is 19.8 Å². The number of amides is 2. The number of hydrogen-bond acceptors (Lipinski definition) is 8. The molecule has 0 bridgehead atoms. The molecule has 318 valence electrons. The predicted molar refractivity (Wildman–Crippen MR) is 249 cm³/mol. The molecule has 0 unspecified atom stereocenters. The molecule has 0 radical (unpaired) electrons. The Bertz CT molecular complexity index is 1910. The number of methoxy groups -OCH3 is 2. The van der Waals surface area contributed by atoms with E-state index < -0.39 is 11.8 Å². The fourth-order valence-corrected chi connectivity index (χ4v) is 8.06. The molecule has 0 saturated carbocycles. The monoisotopic (exact) mass is 871 g/mol. The van der Waals surface area contributed by atoms with Crippen LogP contribution in [-0.2, 0) is 28.7 Å². The standard InChI is InChI=1S/C43H53N5O6.4H2S/c1-26(2)33(22-39(49)53-5)42(51)47-19-7-9-37(47)35-21-32(24-44-35)30-13-11-28(12-14-30)29-15-17-31(18-16-29)36-25-45-41(46-36)38-10-8-20-48(38)43(52)34(27(3)4)23-40(50)54-6;;;;/h11-18,24-27,33-34,37-38H,7-10,19-23H2,1-6H3,(H,45,46);4*1H2/t33-,34+,37+,38-;;;;/m1..../s1. The van der Waals surface area contributed by atoms with Crippen LogP contribution in [0.5, 0.6) is 0 Å². The van der Waals surface area contributed by atoms with Crippen molar-refractivity contribution in [3.63, 3.8) is 0 Å². The number of aromatic nitrogens is 2. The maximum absolute atomic E-state index is 13.6. The first-order chi connectivity index (χ1) is 26.0. The van der Waals surface area contributed by atoms with E-state index in [0.29, 0.717) is 19.5 Å². The van der Waals surface area contributed by atoms with Gasteiger partial charge in [0.05, 0.1) is 62.9 Å². The number of rotatable bonds is 13. The number of nitrogens with zero attached hydrogens (tertiary/aromatic N) is 4. The summed E-state index contributed by atoms with van der Waals surface area (Å²) in [6, 6.07) is 16.6. The third-order valence-corrected chi connectivity index (χ3v) is 11.4. The molecule has 3 aliphatic heterocycles. The van der Waals surface area contributed by atoms with Crippen molar-refractivity contribution in [2.24, 2.45) is 28.7 Å². The highest BCUT2D eigenvalue weighted by atomic mass is 32.1. The molecular weight excluding hydrogens is 811 g/mol. The third-order valence-electron chi connectivity index (χ3n) is 11.4.